The van der Waals surface area contributed by atoms with Gasteiger partial charge in [-0.05, 0) is 90.3 Å². The van der Waals surface area contributed by atoms with E-state index in [0.29, 0.717) is 11.5 Å². The second kappa shape index (κ2) is 12.8. The van der Waals surface area contributed by atoms with Crippen LogP contribution in [0.3, 0.4) is 0 Å². The highest BCUT2D eigenvalue weighted by Crippen LogP contribution is 2.53. The summed E-state index contributed by atoms with van der Waals surface area (Å²) in [6.07, 6.45) is 0. The molecule has 0 saturated heterocycles. The number of fused-ring (bicyclic) bond motifs is 5. The molecule has 1 aliphatic carbocycles. The standard InChI is InChI=1S/C52H35N3/c1-52(2)46-17-9-16-44(50(46)45-27-26-43(53-3)31-47(45)52)40-15-8-14-39(28-40)35-18-22-36(23-19-35)51-54-48(41-24-20-33-10-4-6-12-37(33)29-41)32-49(55-51)42-25-21-34-11-5-7-13-38(34)30-42/h4-32H,1-2H3. The van der Waals surface area contributed by atoms with Crippen molar-refractivity contribution in [2.24, 2.45) is 0 Å². The van der Waals surface area contributed by atoms with E-state index < -0.39 is 0 Å². The SMILES string of the molecule is [C-]#[N+]c1ccc2c(c1)C(C)(C)c1cccc(-c3cccc(-c4ccc(-c5nc(-c6ccc7ccccc7c6)cc(-c6ccc7ccccc7c6)n5)cc4)c3)c1-2. The van der Waals surface area contributed by atoms with E-state index >= 15 is 0 Å². The monoisotopic (exact) mass is 701 g/mol. The van der Waals surface area contributed by atoms with Crippen LogP contribution in [0.15, 0.2) is 176 Å². The molecule has 55 heavy (non-hydrogen) atoms. The third-order valence-corrected chi connectivity index (χ3v) is 11.3. The average Bonchev–Trinajstić information content (AvgIpc) is 3.48. The van der Waals surface area contributed by atoms with Gasteiger partial charge in [0.25, 0.3) is 0 Å². The van der Waals surface area contributed by atoms with Crippen LogP contribution in [0.4, 0.5) is 5.69 Å². The molecule has 1 heterocycles. The number of rotatable bonds is 5. The molecule has 1 aliphatic rings. The molecule has 1 aromatic heterocycles. The number of aromatic nitrogens is 2. The second-order valence-electron chi connectivity index (χ2n) is 14.9. The largest absolute Gasteiger partial charge is 0.238 e. The minimum absolute atomic E-state index is 0.184. The fraction of sp³-hybridized carbons (Fsp3) is 0.0577. The normalized spacial score (nSPS) is 12.7. The molecule has 0 bridgehead atoms. The minimum Gasteiger partial charge on any atom is -0.238 e. The van der Waals surface area contributed by atoms with Crippen LogP contribution < -0.4 is 0 Å². The van der Waals surface area contributed by atoms with Gasteiger partial charge in [-0.15, -0.1) is 0 Å². The van der Waals surface area contributed by atoms with Crippen LogP contribution >= 0.6 is 0 Å². The molecule has 0 saturated carbocycles. The number of hydrogen-bond acceptors (Lipinski definition) is 2. The molecule has 0 N–H and O–H groups in total. The van der Waals surface area contributed by atoms with Crippen LogP contribution in [0.2, 0.25) is 0 Å². The van der Waals surface area contributed by atoms with Gasteiger partial charge in [0.2, 0.25) is 0 Å². The van der Waals surface area contributed by atoms with E-state index in [9.17, 15) is 0 Å². The van der Waals surface area contributed by atoms with Gasteiger partial charge in [-0.3, -0.25) is 0 Å². The van der Waals surface area contributed by atoms with Crippen molar-refractivity contribution in [3.63, 3.8) is 0 Å². The molecule has 9 aromatic rings. The van der Waals surface area contributed by atoms with Crippen molar-refractivity contribution in [3.8, 4) is 67.3 Å². The molecule has 0 atom stereocenters. The lowest BCUT2D eigenvalue weighted by molar-refractivity contribution is 0.661. The predicted octanol–water partition coefficient (Wildman–Crippen LogP) is 14.0. The molecule has 0 unspecified atom stereocenters. The van der Waals surface area contributed by atoms with Crippen molar-refractivity contribution >= 4 is 27.2 Å². The lowest BCUT2D eigenvalue weighted by atomic mass is 9.82. The van der Waals surface area contributed by atoms with Crippen LogP contribution in [-0.4, -0.2) is 9.97 Å². The van der Waals surface area contributed by atoms with Crippen LogP contribution in [0, 0.1) is 6.57 Å². The summed E-state index contributed by atoms with van der Waals surface area (Å²) in [5.74, 6) is 0.691. The highest BCUT2D eigenvalue weighted by atomic mass is 14.9. The first-order valence-corrected chi connectivity index (χ1v) is 18.7. The van der Waals surface area contributed by atoms with Gasteiger partial charge in [-0.1, -0.05) is 166 Å². The third kappa shape index (κ3) is 5.59. The molecule has 258 valence electrons. The quantitative estimate of drug-likeness (QED) is 0.167. The molecule has 3 nitrogen and oxygen atoms in total. The highest BCUT2D eigenvalue weighted by molar-refractivity contribution is 5.94. The summed E-state index contributed by atoms with van der Waals surface area (Å²) in [4.78, 5) is 14.1. The zero-order chi connectivity index (χ0) is 37.1. The van der Waals surface area contributed by atoms with Crippen LogP contribution in [0.5, 0.6) is 0 Å². The van der Waals surface area contributed by atoms with E-state index in [1.165, 1.54) is 54.9 Å². The lowest BCUT2D eigenvalue weighted by Gasteiger charge is -2.22. The van der Waals surface area contributed by atoms with Crippen LogP contribution in [0.25, 0.3) is 93.7 Å². The zero-order valence-corrected chi connectivity index (χ0v) is 30.6. The van der Waals surface area contributed by atoms with E-state index in [2.05, 4.69) is 189 Å². The maximum absolute atomic E-state index is 7.60. The molecule has 8 aromatic carbocycles. The molecule has 0 radical (unpaired) electrons. The summed E-state index contributed by atoms with van der Waals surface area (Å²) in [6, 6.07) is 62.3. The van der Waals surface area contributed by atoms with Gasteiger partial charge in [0.15, 0.2) is 11.5 Å². The Bertz CT molecular complexity index is 2920. The Morgan fingerprint density at radius 3 is 1.65 bits per heavy atom. The summed E-state index contributed by atoms with van der Waals surface area (Å²) in [5, 5.41) is 4.77. The average molecular weight is 702 g/mol. The highest BCUT2D eigenvalue weighted by Gasteiger charge is 2.36. The summed E-state index contributed by atoms with van der Waals surface area (Å²) in [7, 11) is 0. The van der Waals surface area contributed by atoms with Gasteiger partial charge in [0.1, 0.15) is 0 Å². The van der Waals surface area contributed by atoms with Gasteiger partial charge in [-0.2, -0.15) is 0 Å². The number of hydrogen-bond donors (Lipinski definition) is 0. The van der Waals surface area contributed by atoms with Crippen LogP contribution in [0.1, 0.15) is 25.0 Å². The van der Waals surface area contributed by atoms with E-state index in [1.807, 2.05) is 6.07 Å². The molecule has 0 fully saturated rings. The molecular formula is C52H35N3. The van der Waals surface area contributed by atoms with Gasteiger partial charge in [0.05, 0.1) is 18.0 Å². The van der Waals surface area contributed by atoms with Gasteiger partial charge in [-0.25, -0.2) is 14.8 Å². The summed E-state index contributed by atoms with van der Waals surface area (Å²) < 4.78 is 0. The van der Waals surface area contributed by atoms with E-state index in [0.717, 1.165) is 39.2 Å². The molecule has 0 aliphatic heterocycles. The molecule has 3 heteroatoms. The summed E-state index contributed by atoms with van der Waals surface area (Å²) >= 11 is 0. The van der Waals surface area contributed by atoms with Crippen molar-refractivity contribution < 1.29 is 0 Å². The fourth-order valence-electron chi connectivity index (χ4n) is 8.33. The van der Waals surface area contributed by atoms with Gasteiger partial charge < -0.3 is 0 Å². The second-order valence-corrected chi connectivity index (χ2v) is 14.9. The van der Waals surface area contributed by atoms with Crippen molar-refractivity contribution in [1.82, 2.24) is 9.97 Å². The van der Waals surface area contributed by atoms with E-state index in [4.69, 9.17) is 16.5 Å². The first kappa shape index (κ1) is 32.5. The summed E-state index contributed by atoms with van der Waals surface area (Å²) in [5.41, 5.74) is 15.0. The van der Waals surface area contributed by atoms with E-state index in [-0.39, 0.29) is 5.41 Å². The van der Waals surface area contributed by atoms with Crippen molar-refractivity contribution in [2.75, 3.05) is 0 Å². The third-order valence-electron chi connectivity index (χ3n) is 11.3. The molecule has 0 spiro atoms. The first-order valence-electron chi connectivity index (χ1n) is 18.7. The van der Waals surface area contributed by atoms with Crippen LogP contribution in [-0.2, 0) is 5.41 Å². The molecular weight excluding hydrogens is 667 g/mol. The van der Waals surface area contributed by atoms with Gasteiger partial charge >= 0.3 is 0 Å². The Labute approximate surface area is 321 Å². The molecule has 10 rings (SSSR count). The summed E-state index contributed by atoms with van der Waals surface area (Å²) in [6.45, 7) is 12.1. The van der Waals surface area contributed by atoms with Crippen molar-refractivity contribution in [3.05, 3.63) is 198 Å². The minimum atomic E-state index is -0.184. The lowest BCUT2D eigenvalue weighted by Crippen LogP contribution is -2.14. The topological polar surface area (TPSA) is 30.1 Å². The number of nitrogens with zero attached hydrogens (tertiary/aromatic N) is 3. The van der Waals surface area contributed by atoms with Crippen molar-refractivity contribution in [1.29, 1.82) is 0 Å². The number of benzene rings is 8. The Hall–Kier alpha value is -7.15. The Kier molecular flexibility index (Phi) is 7.54. The maximum atomic E-state index is 7.60. The Morgan fingerprint density at radius 1 is 0.418 bits per heavy atom. The Morgan fingerprint density at radius 2 is 1.00 bits per heavy atom. The first-order chi connectivity index (χ1) is 26.9. The Balaban J connectivity index is 1.04. The zero-order valence-electron chi connectivity index (χ0n) is 30.6. The van der Waals surface area contributed by atoms with Crippen molar-refractivity contribution in [2.45, 2.75) is 19.3 Å². The fourth-order valence-corrected chi connectivity index (χ4v) is 8.33. The smallest absolute Gasteiger partial charge is 0.187 e. The predicted molar refractivity (Wildman–Crippen MR) is 228 cm³/mol. The maximum Gasteiger partial charge on any atom is 0.187 e. The van der Waals surface area contributed by atoms with E-state index in [1.54, 1.807) is 0 Å². The molecule has 0 amide bonds. The van der Waals surface area contributed by atoms with Gasteiger partial charge in [0, 0.05) is 22.1 Å².